The second kappa shape index (κ2) is 7.20. The number of pyridine rings is 1. The Morgan fingerprint density at radius 3 is 2.58 bits per heavy atom. The average molecular weight is 420 g/mol. The van der Waals surface area contributed by atoms with Crippen LogP contribution in [-0.4, -0.2) is 44.0 Å². The number of ether oxygens (including phenoxy) is 1. The largest absolute Gasteiger partial charge is 0.447 e. The summed E-state index contributed by atoms with van der Waals surface area (Å²) in [5, 5.41) is 5.22. The second-order valence-corrected chi connectivity index (χ2v) is 6.90. The monoisotopic (exact) mass is 420 g/mol. The number of carbonyl (C=O) groups is 1. The van der Waals surface area contributed by atoms with Crippen molar-refractivity contribution in [2.24, 2.45) is 0 Å². The lowest BCUT2D eigenvalue weighted by atomic mass is 10.2. The summed E-state index contributed by atoms with van der Waals surface area (Å²) in [6.45, 7) is 0.707. The molecule has 11 heteroatoms. The third-order valence-corrected chi connectivity index (χ3v) is 4.97. The lowest BCUT2D eigenvalue weighted by Crippen LogP contribution is -2.26. The Bertz CT molecular complexity index is 1300. The number of fused-ring (bicyclic) bond motifs is 1. The van der Waals surface area contributed by atoms with E-state index in [0.29, 0.717) is 28.8 Å². The Morgan fingerprint density at radius 2 is 1.87 bits per heavy atom. The highest BCUT2D eigenvalue weighted by molar-refractivity contribution is 5.97. The zero-order valence-corrected chi connectivity index (χ0v) is 16.2. The SMILES string of the molecule is Nc1nc(-c2nn(Cc3ccccc3F)c3ncccc23)nc(N)c1N1CCOC1=O. The van der Waals surface area contributed by atoms with E-state index in [0.717, 1.165) is 0 Å². The standard InChI is InChI=1S/C20H17FN8O2/c21-13-6-2-1-4-11(13)10-29-19-12(5-3-7-24-19)14(27-29)18-25-16(22)15(17(23)26-18)28-8-9-31-20(28)30/h1-7H,8-10H2,(H4,22,23,25,26). The van der Waals surface area contributed by atoms with Crippen molar-refractivity contribution >= 4 is 34.4 Å². The van der Waals surface area contributed by atoms with Crippen molar-refractivity contribution in [3.05, 3.63) is 54.0 Å². The summed E-state index contributed by atoms with van der Waals surface area (Å²) >= 11 is 0. The van der Waals surface area contributed by atoms with Gasteiger partial charge in [0.15, 0.2) is 23.1 Å². The van der Waals surface area contributed by atoms with Gasteiger partial charge in [0.05, 0.1) is 18.5 Å². The van der Waals surface area contributed by atoms with Gasteiger partial charge in [-0.1, -0.05) is 18.2 Å². The van der Waals surface area contributed by atoms with Crippen LogP contribution in [0, 0.1) is 5.82 Å². The predicted molar refractivity (Wildman–Crippen MR) is 112 cm³/mol. The number of nitrogens with two attached hydrogens (primary N) is 2. The van der Waals surface area contributed by atoms with Gasteiger partial charge < -0.3 is 16.2 Å². The van der Waals surface area contributed by atoms with Crippen LogP contribution in [0.3, 0.4) is 0 Å². The number of nitrogens with zero attached hydrogens (tertiary/aromatic N) is 6. The van der Waals surface area contributed by atoms with E-state index < -0.39 is 6.09 Å². The van der Waals surface area contributed by atoms with E-state index in [9.17, 15) is 9.18 Å². The van der Waals surface area contributed by atoms with Gasteiger partial charge in [0.25, 0.3) is 0 Å². The Hall–Kier alpha value is -4.28. The molecule has 1 saturated heterocycles. The van der Waals surface area contributed by atoms with Crippen LogP contribution in [-0.2, 0) is 11.3 Å². The number of benzene rings is 1. The molecule has 0 unspecified atom stereocenters. The lowest BCUT2D eigenvalue weighted by Gasteiger charge is -2.16. The summed E-state index contributed by atoms with van der Waals surface area (Å²) in [5.74, 6) is -0.101. The van der Waals surface area contributed by atoms with Crippen molar-refractivity contribution < 1.29 is 13.9 Å². The van der Waals surface area contributed by atoms with E-state index in [2.05, 4.69) is 20.1 Å². The van der Waals surface area contributed by atoms with Gasteiger partial charge >= 0.3 is 6.09 Å². The predicted octanol–water partition coefficient (Wildman–Crippen LogP) is 2.20. The fourth-order valence-electron chi connectivity index (χ4n) is 3.54. The highest BCUT2D eigenvalue weighted by atomic mass is 19.1. The molecular formula is C20H17FN8O2. The molecule has 0 aliphatic carbocycles. The first kappa shape index (κ1) is 18.7. The average Bonchev–Trinajstić information content (AvgIpc) is 3.33. The first-order valence-electron chi connectivity index (χ1n) is 9.45. The van der Waals surface area contributed by atoms with E-state index in [1.54, 1.807) is 35.1 Å². The van der Waals surface area contributed by atoms with Gasteiger partial charge in [0.1, 0.15) is 23.8 Å². The number of cyclic esters (lactones) is 1. The number of carbonyl (C=O) groups excluding carboxylic acids is 1. The molecule has 1 aromatic carbocycles. The Kier molecular flexibility index (Phi) is 4.35. The molecule has 0 radical (unpaired) electrons. The first-order chi connectivity index (χ1) is 15.0. The van der Waals surface area contributed by atoms with Crippen LogP contribution in [0.2, 0.25) is 0 Å². The van der Waals surface area contributed by atoms with Crippen molar-refractivity contribution in [2.45, 2.75) is 6.54 Å². The topological polar surface area (TPSA) is 138 Å². The summed E-state index contributed by atoms with van der Waals surface area (Å²) in [7, 11) is 0. The summed E-state index contributed by atoms with van der Waals surface area (Å²) in [6, 6.07) is 10.0. The molecule has 10 nitrogen and oxygen atoms in total. The second-order valence-electron chi connectivity index (χ2n) is 6.90. The zero-order chi connectivity index (χ0) is 21.5. The third kappa shape index (κ3) is 3.16. The minimum atomic E-state index is -0.557. The number of hydrogen-bond donors (Lipinski definition) is 2. The van der Waals surface area contributed by atoms with Crippen molar-refractivity contribution in [2.75, 3.05) is 29.5 Å². The Balaban J connectivity index is 1.61. The van der Waals surface area contributed by atoms with Crippen molar-refractivity contribution in [1.29, 1.82) is 0 Å². The Morgan fingerprint density at radius 1 is 1.10 bits per heavy atom. The maximum atomic E-state index is 14.2. The summed E-state index contributed by atoms with van der Waals surface area (Å²) in [6.07, 6.45) is 1.07. The van der Waals surface area contributed by atoms with Crippen molar-refractivity contribution in [3.63, 3.8) is 0 Å². The van der Waals surface area contributed by atoms with Gasteiger partial charge in [-0.05, 0) is 18.2 Å². The molecule has 0 bridgehead atoms. The van der Waals surface area contributed by atoms with Gasteiger partial charge in [-0.15, -0.1) is 0 Å². The molecule has 4 heterocycles. The molecular weight excluding hydrogens is 403 g/mol. The smallest absolute Gasteiger partial charge is 0.414 e. The number of nitrogen functional groups attached to an aromatic ring is 2. The van der Waals surface area contributed by atoms with Crippen LogP contribution in [0.4, 0.5) is 26.5 Å². The molecule has 156 valence electrons. The van der Waals surface area contributed by atoms with Gasteiger partial charge in [-0.25, -0.2) is 28.8 Å². The number of halogens is 1. The highest BCUT2D eigenvalue weighted by Gasteiger charge is 2.29. The number of hydrogen-bond acceptors (Lipinski definition) is 8. The molecule has 31 heavy (non-hydrogen) atoms. The van der Waals surface area contributed by atoms with Gasteiger partial charge in [0, 0.05) is 11.8 Å². The molecule has 1 fully saturated rings. The molecule has 0 spiro atoms. The summed E-state index contributed by atoms with van der Waals surface area (Å²) in [5.41, 5.74) is 13.8. The van der Waals surface area contributed by atoms with E-state index in [4.69, 9.17) is 16.2 Å². The molecule has 1 amide bonds. The molecule has 1 aliphatic heterocycles. The minimum Gasteiger partial charge on any atom is -0.447 e. The molecule has 5 rings (SSSR count). The molecule has 0 atom stereocenters. The number of anilines is 3. The minimum absolute atomic E-state index is 0.0297. The van der Waals surface area contributed by atoms with Crippen molar-refractivity contribution in [3.8, 4) is 11.5 Å². The maximum Gasteiger partial charge on any atom is 0.414 e. The first-order valence-corrected chi connectivity index (χ1v) is 9.45. The molecule has 4 aromatic rings. The van der Waals surface area contributed by atoms with Crippen LogP contribution in [0.25, 0.3) is 22.6 Å². The van der Waals surface area contributed by atoms with Crippen molar-refractivity contribution in [1.82, 2.24) is 24.7 Å². The van der Waals surface area contributed by atoms with Gasteiger partial charge in [0.2, 0.25) is 0 Å². The highest BCUT2D eigenvalue weighted by Crippen LogP contribution is 2.33. The van der Waals surface area contributed by atoms with Gasteiger partial charge in [-0.2, -0.15) is 5.10 Å². The fourth-order valence-corrected chi connectivity index (χ4v) is 3.54. The normalized spacial score (nSPS) is 13.7. The van der Waals surface area contributed by atoms with Crippen LogP contribution in [0.1, 0.15) is 5.56 Å². The van der Waals surface area contributed by atoms with Crippen LogP contribution < -0.4 is 16.4 Å². The zero-order valence-electron chi connectivity index (χ0n) is 16.2. The Labute approximate surface area is 175 Å². The van der Waals surface area contributed by atoms with Gasteiger partial charge in [-0.3, -0.25) is 4.90 Å². The van der Waals surface area contributed by atoms with Crippen LogP contribution in [0.5, 0.6) is 0 Å². The third-order valence-electron chi connectivity index (χ3n) is 4.97. The molecule has 3 aromatic heterocycles. The van der Waals surface area contributed by atoms with E-state index >= 15 is 0 Å². The number of rotatable bonds is 4. The molecule has 1 aliphatic rings. The van der Waals surface area contributed by atoms with E-state index in [1.165, 1.54) is 11.0 Å². The molecule has 0 saturated carbocycles. The van der Waals surface area contributed by atoms with E-state index in [1.807, 2.05) is 6.07 Å². The van der Waals surface area contributed by atoms with Crippen LogP contribution in [0.15, 0.2) is 42.6 Å². The van der Waals surface area contributed by atoms with E-state index in [-0.39, 0.29) is 42.1 Å². The summed E-state index contributed by atoms with van der Waals surface area (Å²) < 4.78 is 20.7. The van der Waals surface area contributed by atoms with Crippen LogP contribution >= 0.6 is 0 Å². The number of amides is 1. The molecule has 4 N–H and O–H groups in total. The number of aromatic nitrogens is 5. The maximum absolute atomic E-state index is 14.2. The fraction of sp³-hybridized carbons (Fsp3) is 0.150. The summed E-state index contributed by atoms with van der Waals surface area (Å²) in [4.78, 5) is 26.2. The quantitative estimate of drug-likeness (QED) is 0.512. The lowest BCUT2D eigenvalue weighted by molar-refractivity contribution is 0.181.